The van der Waals surface area contributed by atoms with E-state index >= 15 is 0 Å². The molecule has 112 valence electrons. The summed E-state index contributed by atoms with van der Waals surface area (Å²) in [6.45, 7) is 1.87. The molecule has 0 amide bonds. The molecule has 6 nitrogen and oxygen atoms in total. The number of hydrogen-bond acceptors (Lipinski definition) is 4. The Morgan fingerprint density at radius 3 is 2.76 bits per heavy atom. The Morgan fingerprint density at radius 2 is 2.10 bits per heavy atom. The van der Waals surface area contributed by atoms with E-state index in [2.05, 4.69) is 5.32 Å². The van der Waals surface area contributed by atoms with Crippen LogP contribution in [0.1, 0.15) is 24.8 Å². The van der Waals surface area contributed by atoms with Gasteiger partial charge in [-0.1, -0.05) is 6.07 Å². The standard InChI is InChI=1S/C15H18N2O4/c1-8-2-5-11(17(20)21)7-12(8)16-14-10-4-3-9(6-10)13(14)15(18)19/h2,5,7,9-10,13-14,16H,3-4,6H2,1H3,(H,18,19). The molecule has 2 fully saturated rings. The minimum Gasteiger partial charge on any atom is -0.481 e. The van der Waals surface area contributed by atoms with Gasteiger partial charge in [-0.15, -0.1) is 0 Å². The van der Waals surface area contributed by atoms with E-state index in [0.717, 1.165) is 24.8 Å². The number of aryl methyl sites for hydroxylation is 1. The topological polar surface area (TPSA) is 92.5 Å². The Labute approximate surface area is 122 Å². The van der Waals surface area contributed by atoms with Crippen molar-refractivity contribution in [3.05, 3.63) is 33.9 Å². The molecule has 2 aliphatic rings. The number of benzene rings is 1. The summed E-state index contributed by atoms with van der Waals surface area (Å²) in [6.07, 6.45) is 2.97. The Balaban J connectivity index is 1.87. The van der Waals surface area contributed by atoms with Gasteiger partial charge in [0.25, 0.3) is 5.69 Å². The lowest BCUT2D eigenvalue weighted by atomic mass is 9.84. The molecule has 4 atom stereocenters. The first-order chi connectivity index (χ1) is 9.97. The van der Waals surface area contributed by atoms with Crippen molar-refractivity contribution in [3.8, 4) is 0 Å². The summed E-state index contributed by atoms with van der Waals surface area (Å²) in [6, 6.07) is 4.54. The normalized spacial score (nSPS) is 30.3. The molecule has 0 aromatic heterocycles. The number of carboxylic acids is 1. The van der Waals surface area contributed by atoms with Gasteiger partial charge in [0, 0.05) is 23.9 Å². The van der Waals surface area contributed by atoms with Crippen LogP contribution in [0.3, 0.4) is 0 Å². The van der Waals surface area contributed by atoms with E-state index in [1.54, 1.807) is 6.07 Å². The second kappa shape index (κ2) is 5.02. The lowest BCUT2D eigenvalue weighted by molar-refractivity contribution is -0.384. The highest BCUT2D eigenvalue weighted by molar-refractivity contribution is 5.73. The lowest BCUT2D eigenvalue weighted by Crippen LogP contribution is -2.39. The van der Waals surface area contributed by atoms with Gasteiger partial charge in [-0.2, -0.15) is 0 Å². The first-order valence-corrected chi connectivity index (χ1v) is 7.21. The average Bonchev–Trinajstić information content (AvgIpc) is 3.01. The molecular weight excluding hydrogens is 272 g/mol. The van der Waals surface area contributed by atoms with Gasteiger partial charge in [-0.3, -0.25) is 14.9 Å². The van der Waals surface area contributed by atoms with Gasteiger partial charge in [-0.05, 0) is 43.6 Å². The van der Waals surface area contributed by atoms with Crippen LogP contribution < -0.4 is 5.32 Å². The quantitative estimate of drug-likeness (QED) is 0.657. The Bertz CT molecular complexity index is 601. The maximum Gasteiger partial charge on any atom is 0.308 e. The van der Waals surface area contributed by atoms with Gasteiger partial charge in [-0.25, -0.2) is 0 Å². The van der Waals surface area contributed by atoms with Gasteiger partial charge >= 0.3 is 5.97 Å². The van der Waals surface area contributed by atoms with Crippen LogP contribution in [0.25, 0.3) is 0 Å². The predicted octanol–water partition coefficient (Wildman–Crippen LogP) is 2.81. The number of fused-ring (bicyclic) bond motifs is 2. The second-order valence-electron chi connectivity index (χ2n) is 6.12. The summed E-state index contributed by atoms with van der Waals surface area (Å²) in [7, 11) is 0. The monoisotopic (exact) mass is 290 g/mol. The highest BCUT2D eigenvalue weighted by atomic mass is 16.6. The maximum atomic E-state index is 11.5. The first kappa shape index (κ1) is 13.9. The van der Waals surface area contributed by atoms with Gasteiger partial charge in [0.05, 0.1) is 10.8 Å². The number of non-ortho nitro benzene ring substituents is 1. The highest BCUT2D eigenvalue weighted by Crippen LogP contribution is 2.49. The van der Waals surface area contributed by atoms with Crippen molar-refractivity contribution in [1.82, 2.24) is 0 Å². The summed E-state index contributed by atoms with van der Waals surface area (Å²) in [5.74, 6) is -0.552. The minimum absolute atomic E-state index is 0.0260. The molecule has 21 heavy (non-hydrogen) atoms. The smallest absolute Gasteiger partial charge is 0.308 e. The predicted molar refractivity (Wildman–Crippen MR) is 77.2 cm³/mol. The summed E-state index contributed by atoms with van der Waals surface area (Å²) in [5.41, 5.74) is 1.60. The van der Waals surface area contributed by atoms with Crippen molar-refractivity contribution in [2.45, 2.75) is 32.2 Å². The largest absolute Gasteiger partial charge is 0.481 e. The Kier molecular flexibility index (Phi) is 3.31. The van der Waals surface area contributed by atoms with Crippen LogP contribution >= 0.6 is 0 Å². The van der Waals surface area contributed by atoms with Crippen molar-refractivity contribution < 1.29 is 14.8 Å². The molecule has 0 aliphatic heterocycles. The SMILES string of the molecule is Cc1ccc([N+](=O)[O-])cc1NC1C2CCC(C2)C1C(=O)O. The van der Waals surface area contributed by atoms with Crippen LogP contribution in [0.4, 0.5) is 11.4 Å². The third kappa shape index (κ3) is 2.34. The zero-order valence-electron chi connectivity index (χ0n) is 11.8. The van der Waals surface area contributed by atoms with E-state index < -0.39 is 10.9 Å². The number of nitro benzene ring substituents is 1. The van der Waals surface area contributed by atoms with E-state index in [1.807, 2.05) is 6.92 Å². The fraction of sp³-hybridized carbons (Fsp3) is 0.533. The fourth-order valence-electron chi connectivity index (χ4n) is 3.91. The number of nitro groups is 1. The number of rotatable bonds is 4. The van der Waals surface area contributed by atoms with Crippen molar-refractivity contribution in [2.75, 3.05) is 5.32 Å². The third-order valence-corrected chi connectivity index (χ3v) is 4.96. The molecule has 0 saturated heterocycles. The van der Waals surface area contributed by atoms with E-state index in [0.29, 0.717) is 11.6 Å². The second-order valence-corrected chi connectivity index (χ2v) is 6.12. The number of nitrogens with zero attached hydrogens (tertiary/aromatic N) is 1. The van der Waals surface area contributed by atoms with E-state index in [4.69, 9.17) is 0 Å². The zero-order valence-corrected chi connectivity index (χ0v) is 11.8. The van der Waals surface area contributed by atoms with Gasteiger partial charge in [0.2, 0.25) is 0 Å². The lowest BCUT2D eigenvalue weighted by Gasteiger charge is -2.30. The number of anilines is 1. The molecule has 3 rings (SSSR count). The molecule has 4 unspecified atom stereocenters. The zero-order chi connectivity index (χ0) is 15.1. The first-order valence-electron chi connectivity index (χ1n) is 7.21. The summed E-state index contributed by atoms with van der Waals surface area (Å²) >= 11 is 0. The molecular formula is C15H18N2O4. The Morgan fingerprint density at radius 1 is 1.38 bits per heavy atom. The number of hydrogen-bond donors (Lipinski definition) is 2. The molecule has 1 aromatic rings. The summed E-state index contributed by atoms with van der Waals surface area (Å²) in [4.78, 5) is 22.0. The van der Waals surface area contributed by atoms with Gasteiger partial charge in [0.1, 0.15) is 0 Å². The molecule has 2 saturated carbocycles. The van der Waals surface area contributed by atoms with Crippen LogP contribution in [0, 0.1) is 34.8 Å². The number of carbonyl (C=O) groups is 1. The van der Waals surface area contributed by atoms with Crippen molar-refractivity contribution in [1.29, 1.82) is 0 Å². The van der Waals surface area contributed by atoms with Crippen molar-refractivity contribution >= 4 is 17.3 Å². The van der Waals surface area contributed by atoms with E-state index in [1.165, 1.54) is 12.1 Å². The van der Waals surface area contributed by atoms with Crippen molar-refractivity contribution in [2.24, 2.45) is 17.8 Å². The van der Waals surface area contributed by atoms with Gasteiger partial charge < -0.3 is 10.4 Å². The molecule has 1 aromatic carbocycles. The van der Waals surface area contributed by atoms with Crippen LogP contribution in [-0.4, -0.2) is 22.0 Å². The molecule has 2 N–H and O–H groups in total. The summed E-state index contributed by atoms with van der Waals surface area (Å²) < 4.78 is 0. The van der Waals surface area contributed by atoms with Crippen LogP contribution in [0.2, 0.25) is 0 Å². The molecule has 0 heterocycles. The Hall–Kier alpha value is -2.11. The van der Waals surface area contributed by atoms with Crippen LogP contribution in [0.5, 0.6) is 0 Å². The van der Waals surface area contributed by atoms with Crippen LogP contribution in [-0.2, 0) is 4.79 Å². The average molecular weight is 290 g/mol. The number of aliphatic carboxylic acids is 1. The maximum absolute atomic E-state index is 11.5. The van der Waals surface area contributed by atoms with Crippen molar-refractivity contribution in [3.63, 3.8) is 0 Å². The highest BCUT2D eigenvalue weighted by Gasteiger charge is 2.51. The van der Waals surface area contributed by atoms with E-state index in [9.17, 15) is 20.0 Å². The van der Waals surface area contributed by atoms with E-state index in [-0.39, 0.29) is 23.6 Å². The molecule has 6 heteroatoms. The fourth-order valence-corrected chi connectivity index (χ4v) is 3.91. The number of nitrogens with one attached hydrogen (secondary N) is 1. The summed E-state index contributed by atoms with van der Waals surface area (Å²) in [5, 5.41) is 23.6. The van der Waals surface area contributed by atoms with Crippen LogP contribution in [0.15, 0.2) is 18.2 Å². The molecule has 2 aliphatic carbocycles. The third-order valence-electron chi connectivity index (χ3n) is 4.96. The number of carboxylic acid groups (broad SMARTS) is 1. The molecule has 0 spiro atoms. The minimum atomic E-state index is -0.761. The van der Waals surface area contributed by atoms with Gasteiger partial charge in [0.15, 0.2) is 0 Å². The molecule has 0 radical (unpaired) electrons. The molecule has 2 bridgehead atoms.